The molecule has 1 fully saturated rings. The van der Waals surface area contributed by atoms with Crippen molar-refractivity contribution in [2.75, 3.05) is 13.2 Å². The predicted octanol–water partition coefficient (Wildman–Crippen LogP) is 2.30. The minimum Gasteiger partial charge on any atom is -0.483 e. The maximum atomic E-state index is 11.6. The lowest BCUT2D eigenvalue weighted by Crippen LogP contribution is -2.40. The average molecular weight is 319 g/mol. The van der Waals surface area contributed by atoms with Gasteiger partial charge >= 0.3 is 0 Å². The van der Waals surface area contributed by atoms with E-state index in [1.54, 1.807) is 18.2 Å². The molecule has 1 unspecified atom stereocenters. The van der Waals surface area contributed by atoms with E-state index in [-0.39, 0.29) is 31.0 Å². The molecule has 112 valence electrons. The molecule has 1 amide bonds. The molecular weight excluding hydrogens is 299 g/mol. The van der Waals surface area contributed by atoms with Gasteiger partial charge in [-0.05, 0) is 37.8 Å². The second kappa shape index (κ2) is 7.72. The number of nitrogens with two attached hydrogens (primary N) is 1. The van der Waals surface area contributed by atoms with Crippen LogP contribution in [0, 0.1) is 12.8 Å². The Hall–Kier alpha value is -0.970. The molecule has 4 nitrogen and oxygen atoms in total. The molecule has 6 heteroatoms. The molecule has 0 radical (unpaired) electrons. The van der Waals surface area contributed by atoms with E-state index in [1.165, 1.54) is 12.8 Å². The van der Waals surface area contributed by atoms with Crippen LogP contribution < -0.4 is 15.8 Å². The van der Waals surface area contributed by atoms with Crippen LogP contribution >= 0.6 is 24.0 Å². The summed E-state index contributed by atoms with van der Waals surface area (Å²) in [7, 11) is 0. The molecule has 1 aliphatic rings. The lowest BCUT2D eigenvalue weighted by molar-refractivity contribution is -0.123. The summed E-state index contributed by atoms with van der Waals surface area (Å²) >= 11 is 5.98. The van der Waals surface area contributed by atoms with Crippen LogP contribution in [0.1, 0.15) is 18.4 Å². The van der Waals surface area contributed by atoms with Crippen LogP contribution in [0.3, 0.4) is 0 Å². The van der Waals surface area contributed by atoms with E-state index in [0.717, 1.165) is 5.56 Å². The van der Waals surface area contributed by atoms with Gasteiger partial charge in [0.25, 0.3) is 5.91 Å². The molecule has 1 atom stereocenters. The number of carbonyl (C=O) groups is 1. The average Bonchev–Trinajstić information content (AvgIpc) is 3.22. The van der Waals surface area contributed by atoms with E-state index < -0.39 is 0 Å². The minimum absolute atomic E-state index is 0. The smallest absolute Gasteiger partial charge is 0.257 e. The van der Waals surface area contributed by atoms with Crippen molar-refractivity contribution in [2.24, 2.45) is 11.7 Å². The third kappa shape index (κ3) is 4.85. The Morgan fingerprint density at radius 1 is 1.55 bits per heavy atom. The highest BCUT2D eigenvalue weighted by Crippen LogP contribution is 2.31. The Kier molecular flexibility index (Phi) is 6.59. The van der Waals surface area contributed by atoms with Gasteiger partial charge in [0.1, 0.15) is 5.75 Å². The summed E-state index contributed by atoms with van der Waals surface area (Å²) in [4.78, 5) is 11.6. The predicted molar refractivity (Wildman–Crippen MR) is 82.6 cm³/mol. The lowest BCUT2D eigenvalue weighted by Gasteiger charge is -2.13. The maximum Gasteiger partial charge on any atom is 0.257 e. The zero-order chi connectivity index (χ0) is 13.8. The first-order chi connectivity index (χ1) is 9.08. The van der Waals surface area contributed by atoms with Gasteiger partial charge in [0.2, 0.25) is 0 Å². The summed E-state index contributed by atoms with van der Waals surface area (Å²) in [6.07, 6.45) is 2.35. The SMILES string of the molecule is Cc1c(Cl)cccc1OCC(=O)NCC(N)C1CC1.Cl. The van der Waals surface area contributed by atoms with E-state index in [9.17, 15) is 4.79 Å². The van der Waals surface area contributed by atoms with Gasteiger partial charge in [0.15, 0.2) is 6.61 Å². The van der Waals surface area contributed by atoms with Gasteiger partial charge in [0.05, 0.1) is 0 Å². The normalized spacial score (nSPS) is 15.2. The van der Waals surface area contributed by atoms with Gasteiger partial charge in [-0.1, -0.05) is 17.7 Å². The largest absolute Gasteiger partial charge is 0.483 e. The van der Waals surface area contributed by atoms with Crippen molar-refractivity contribution < 1.29 is 9.53 Å². The lowest BCUT2D eigenvalue weighted by atomic mass is 10.2. The molecule has 0 spiro atoms. The van der Waals surface area contributed by atoms with E-state index in [0.29, 0.717) is 23.2 Å². The monoisotopic (exact) mass is 318 g/mol. The van der Waals surface area contributed by atoms with Gasteiger partial charge in [-0.3, -0.25) is 4.79 Å². The van der Waals surface area contributed by atoms with Crippen LogP contribution in [0.5, 0.6) is 5.75 Å². The molecule has 0 heterocycles. The van der Waals surface area contributed by atoms with Crippen molar-refractivity contribution in [1.29, 1.82) is 0 Å². The van der Waals surface area contributed by atoms with Crippen molar-refractivity contribution in [1.82, 2.24) is 5.32 Å². The summed E-state index contributed by atoms with van der Waals surface area (Å²) < 4.78 is 5.45. The van der Waals surface area contributed by atoms with Gasteiger partial charge in [-0.15, -0.1) is 12.4 Å². The number of hydrogen-bond acceptors (Lipinski definition) is 3. The number of benzene rings is 1. The number of amides is 1. The fourth-order valence-electron chi connectivity index (χ4n) is 1.86. The second-order valence-electron chi connectivity index (χ2n) is 4.96. The molecule has 1 aromatic carbocycles. The van der Waals surface area contributed by atoms with Crippen LogP contribution in [0.25, 0.3) is 0 Å². The van der Waals surface area contributed by atoms with Crippen LogP contribution in [0.2, 0.25) is 5.02 Å². The van der Waals surface area contributed by atoms with Crippen molar-refractivity contribution in [2.45, 2.75) is 25.8 Å². The number of ether oxygens (including phenoxy) is 1. The third-order valence-corrected chi connectivity index (χ3v) is 3.75. The first-order valence-corrected chi connectivity index (χ1v) is 6.86. The molecule has 2 rings (SSSR count). The first kappa shape index (κ1) is 17.1. The van der Waals surface area contributed by atoms with E-state index >= 15 is 0 Å². The Balaban J connectivity index is 0.00000200. The third-order valence-electron chi connectivity index (χ3n) is 3.34. The standard InChI is InChI=1S/C14H19ClN2O2.ClH/c1-9-11(15)3-2-4-13(9)19-8-14(18)17-7-12(16)10-5-6-10;/h2-4,10,12H,5-8,16H2,1H3,(H,17,18);1H. The molecule has 0 saturated heterocycles. The number of halogens is 2. The molecule has 1 saturated carbocycles. The summed E-state index contributed by atoms with van der Waals surface area (Å²) in [5.41, 5.74) is 6.75. The van der Waals surface area contributed by atoms with Gasteiger partial charge in [0, 0.05) is 23.2 Å². The molecule has 1 aliphatic carbocycles. The fraction of sp³-hybridized carbons (Fsp3) is 0.500. The molecule has 20 heavy (non-hydrogen) atoms. The molecule has 3 N–H and O–H groups in total. The molecule has 0 aromatic heterocycles. The Bertz CT molecular complexity index is 464. The van der Waals surface area contributed by atoms with Gasteiger partial charge < -0.3 is 15.8 Å². The van der Waals surface area contributed by atoms with Crippen LogP contribution in [0.4, 0.5) is 0 Å². The van der Waals surface area contributed by atoms with E-state index in [4.69, 9.17) is 22.1 Å². The second-order valence-corrected chi connectivity index (χ2v) is 5.36. The summed E-state index contributed by atoms with van der Waals surface area (Å²) in [6, 6.07) is 5.45. The molecule has 0 aliphatic heterocycles. The van der Waals surface area contributed by atoms with Crippen molar-refractivity contribution in [3.8, 4) is 5.75 Å². The van der Waals surface area contributed by atoms with Crippen molar-refractivity contribution in [3.63, 3.8) is 0 Å². The summed E-state index contributed by atoms with van der Waals surface area (Å²) in [5.74, 6) is 1.06. The highest BCUT2D eigenvalue weighted by Gasteiger charge is 2.28. The van der Waals surface area contributed by atoms with Crippen molar-refractivity contribution in [3.05, 3.63) is 28.8 Å². The van der Waals surface area contributed by atoms with Crippen LogP contribution in [0.15, 0.2) is 18.2 Å². The summed E-state index contributed by atoms with van der Waals surface area (Å²) in [6.45, 7) is 2.36. The quantitative estimate of drug-likeness (QED) is 0.846. The number of hydrogen-bond donors (Lipinski definition) is 2. The minimum atomic E-state index is -0.157. The fourth-order valence-corrected chi connectivity index (χ4v) is 2.03. The molecule has 0 bridgehead atoms. The number of nitrogens with one attached hydrogen (secondary N) is 1. The Morgan fingerprint density at radius 2 is 2.25 bits per heavy atom. The Morgan fingerprint density at radius 3 is 2.90 bits per heavy atom. The number of rotatable bonds is 6. The van der Waals surface area contributed by atoms with Crippen molar-refractivity contribution >= 4 is 29.9 Å². The Labute approximate surface area is 130 Å². The van der Waals surface area contributed by atoms with E-state index in [2.05, 4.69) is 5.32 Å². The van der Waals surface area contributed by atoms with E-state index in [1.807, 2.05) is 6.92 Å². The highest BCUT2D eigenvalue weighted by molar-refractivity contribution is 6.31. The molecule has 1 aromatic rings. The van der Waals surface area contributed by atoms with Crippen LogP contribution in [-0.2, 0) is 4.79 Å². The molecular formula is C14H20Cl2N2O2. The zero-order valence-corrected chi connectivity index (χ0v) is 13.0. The highest BCUT2D eigenvalue weighted by atomic mass is 35.5. The van der Waals surface area contributed by atoms with Gasteiger partial charge in [-0.2, -0.15) is 0 Å². The van der Waals surface area contributed by atoms with Crippen LogP contribution in [-0.4, -0.2) is 25.1 Å². The zero-order valence-electron chi connectivity index (χ0n) is 11.4. The maximum absolute atomic E-state index is 11.6. The number of carbonyl (C=O) groups excluding carboxylic acids is 1. The first-order valence-electron chi connectivity index (χ1n) is 6.48. The van der Waals surface area contributed by atoms with Gasteiger partial charge in [-0.25, -0.2) is 0 Å². The topological polar surface area (TPSA) is 64.3 Å². The summed E-state index contributed by atoms with van der Waals surface area (Å²) in [5, 5.41) is 3.42.